The van der Waals surface area contributed by atoms with Gasteiger partial charge in [-0.25, -0.2) is 19.7 Å². The van der Waals surface area contributed by atoms with Crippen molar-refractivity contribution in [2.45, 2.75) is 4.90 Å². The molecule has 9 heteroatoms. The van der Waals surface area contributed by atoms with Gasteiger partial charge in [0.1, 0.15) is 24.3 Å². The van der Waals surface area contributed by atoms with Crippen molar-refractivity contribution in [2.24, 2.45) is 0 Å². The molecule has 0 aliphatic carbocycles. The van der Waals surface area contributed by atoms with Gasteiger partial charge < -0.3 is 16.0 Å². The van der Waals surface area contributed by atoms with E-state index in [1.54, 1.807) is 28.9 Å². The Bertz CT molecular complexity index is 1130. The van der Waals surface area contributed by atoms with E-state index < -0.39 is 0 Å². The standard InChI is InChI=1S/C21H19N7OS/c1-30-18-4-2-3-17(11-18)27-21(29)26-16-7-5-15(6-8-16)25-19-12-20(24-13-23-19)28-10-9-22-14-28/h2-14H,1H3,(H,23,24,25)(H2,26,27,29). The number of anilines is 4. The molecule has 0 aliphatic rings. The van der Waals surface area contributed by atoms with Gasteiger partial charge in [0, 0.05) is 40.4 Å². The lowest BCUT2D eigenvalue weighted by atomic mass is 10.2. The quantitative estimate of drug-likeness (QED) is 0.391. The van der Waals surface area contributed by atoms with Gasteiger partial charge >= 0.3 is 6.03 Å². The van der Waals surface area contributed by atoms with Crippen LogP contribution >= 0.6 is 11.8 Å². The second-order valence-electron chi connectivity index (χ2n) is 6.24. The third-order valence-electron chi connectivity index (χ3n) is 4.16. The van der Waals surface area contributed by atoms with Crippen molar-refractivity contribution in [3.8, 4) is 5.82 Å². The van der Waals surface area contributed by atoms with E-state index in [1.807, 2.05) is 67.0 Å². The third-order valence-corrected chi connectivity index (χ3v) is 4.89. The van der Waals surface area contributed by atoms with Crippen molar-refractivity contribution < 1.29 is 4.79 Å². The number of hydrogen-bond acceptors (Lipinski definition) is 6. The normalized spacial score (nSPS) is 10.4. The van der Waals surface area contributed by atoms with E-state index in [-0.39, 0.29) is 6.03 Å². The predicted octanol–water partition coefficient (Wildman–Crippen LogP) is 4.77. The molecule has 3 N–H and O–H groups in total. The van der Waals surface area contributed by atoms with Crippen molar-refractivity contribution in [1.29, 1.82) is 0 Å². The molecule has 150 valence electrons. The van der Waals surface area contributed by atoms with E-state index in [4.69, 9.17) is 0 Å². The summed E-state index contributed by atoms with van der Waals surface area (Å²) in [6.07, 6.45) is 8.67. The van der Waals surface area contributed by atoms with Gasteiger partial charge in [-0.15, -0.1) is 11.8 Å². The third kappa shape index (κ3) is 4.95. The van der Waals surface area contributed by atoms with Crippen molar-refractivity contribution >= 4 is 40.7 Å². The van der Waals surface area contributed by atoms with Crippen LogP contribution in [-0.2, 0) is 0 Å². The van der Waals surface area contributed by atoms with Crippen LogP contribution in [0, 0.1) is 0 Å². The first-order valence-electron chi connectivity index (χ1n) is 9.09. The van der Waals surface area contributed by atoms with Gasteiger partial charge in [0.05, 0.1) is 0 Å². The molecule has 2 heterocycles. The summed E-state index contributed by atoms with van der Waals surface area (Å²) in [5, 5.41) is 8.89. The lowest BCUT2D eigenvalue weighted by Gasteiger charge is -2.10. The van der Waals surface area contributed by atoms with Gasteiger partial charge in [0.25, 0.3) is 0 Å². The molecule has 2 amide bonds. The van der Waals surface area contributed by atoms with Crippen LogP contribution in [0.25, 0.3) is 5.82 Å². The Hall–Kier alpha value is -3.85. The average molecular weight is 417 g/mol. The second kappa shape index (κ2) is 9.10. The van der Waals surface area contributed by atoms with Gasteiger partial charge in [-0.2, -0.15) is 0 Å². The highest BCUT2D eigenvalue weighted by Crippen LogP contribution is 2.21. The maximum absolute atomic E-state index is 12.2. The first kappa shape index (κ1) is 19.5. The van der Waals surface area contributed by atoms with Gasteiger partial charge in [-0.3, -0.25) is 4.57 Å². The average Bonchev–Trinajstić information content (AvgIpc) is 3.30. The van der Waals surface area contributed by atoms with E-state index in [1.165, 1.54) is 6.33 Å². The zero-order valence-corrected chi connectivity index (χ0v) is 16.9. The number of imidazole rings is 1. The summed E-state index contributed by atoms with van der Waals surface area (Å²) in [7, 11) is 0. The van der Waals surface area contributed by atoms with Gasteiger partial charge in [0.2, 0.25) is 0 Å². The highest BCUT2D eigenvalue weighted by molar-refractivity contribution is 7.98. The molecule has 30 heavy (non-hydrogen) atoms. The van der Waals surface area contributed by atoms with Crippen LogP contribution in [0.2, 0.25) is 0 Å². The second-order valence-corrected chi connectivity index (χ2v) is 7.12. The Morgan fingerprint density at radius 2 is 1.77 bits per heavy atom. The Balaban J connectivity index is 1.37. The Labute approximate surface area is 177 Å². The van der Waals surface area contributed by atoms with E-state index in [0.29, 0.717) is 17.3 Å². The fraction of sp³-hybridized carbons (Fsp3) is 0.0476. The fourth-order valence-corrected chi connectivity index (χ4v) is 3.19. The summed E-state index contributed by atoms with van der Waals surface area (Å²) >= 11 is 1.62. The van der Waals surface area contributed by atoms with Crippen LogP contribution in [0.4, 0.5) is 27.7 Å². The first-order chi connectivity index (χ1) is 14.7. The van der Waals surface area contributed by atoms with Crippen LogP contribution in [0.15, 0.2) is 84.5 Å². The number of amides is 2. The number of urea groups is 1. The predicted molar refractivity (Wildman–Crippen MR) is 120 cm³/mol. The summed E-state index contributed by atoms with van der Waals surface area (Å²) in [6, 6.07) is 16.6. The minimum absolute atomic E-state index is 0.297. The summed E-state index contributed by atoms with van der Waals surface area (Å²) in [5.74, 6) is 1.37. The smallest absolute Gasteiger partial charge is 0.323 e. The Morgan fingerprint density at radius 3 is 2.53 bits per heavy atom. The Kier molecular flexibility index (Phi) is 5.90. The molecule has 4 aromatic rings. The highest BCUT2D eigenvalue weighted by atomic mass is 32.2. The molecule has 2 aromatic heterocycles. The van der Waals surface area contributed by atoms with Crippen LogP contribution in [0.5, 0.6) is 0 Å². The number of nitrogens with one attached hydrogen (secondary N) is 3. The zero-order valence-electron chi connectivity index (χ0n) is 16.1. The maximum atomic E-state index is 12.2. The molecule has 0 saturated carbocycles. The van der Waals surface area contributed by atoms with Crippen molar-refractivity contribution in [3.05, 3.63) is 79.6 Å². The van der Waals surface area contributed by atoms with Crippen LogP contribution in [0.1, 0.15) is 0 Å². The number of nitrogens with zero attached hydrogens (tertiary/aromatic N) is 4. The number of carbonyl (C=O) groups excluding carboxylic acids is 1. The number of rotatable bonds is 6. The molecule has 8 nitrogen and oxygen atoms in total. The molecule has 0 bridgehead atoms. The molecule has 0 saturated heterocycles. The largest absolute Gasteiger partial charge is 0.340 e. The molecule has 0 unspecified atom stereocenters. The summed E-state index contributed by atoms with van der Waals surface area (Å²) < 4.78 is 1.80. The van der Waals surface area contributed by atoms with Gasteiger partial charge in [-0.05, 0) is 48.7 Å². The summed E-state index contributed by atoms with van der Waals surface area (Å²) in [4.78, 5) is 25.8. The SMILES string of the molecule is CSc1cccc(NC(=O)Nc2ccc(Nc3cc(-n4ccnc4)ncn3)cc2)c1. The lowest BCUT2D eigenvalue weighted by Crippen LogP contribution is -2.19. The van der Waals surface area contributed by atoms with E-state index in [9.17, 15) is 4.79 Å². The van der Waals surface area contributed by atoms with E-state index in [2.05, 4.69) is 30.9 Å². The number of carbonyl (C=O) groups is 1. The zero-order chi connectivity index (χ0) is 20.8. The molecule has 0 fully saturated rings. The Morgan fingerprint density at radius 1 is 0.967 bits per heavy atom. The summed E-state index contributed by atoms with van der Waals surface area (Å²) in [6.45, 7) is 0. The number of aromatic nitrogens is 4. The number of thioether (sulfide) groups is 1. The molecule has 2 aromatic carbocycles. The van der Waals surface area contributed by atoms with E-state index >= 15 is 0 Å². The van der Waals surface area contributed by atoms with Crippen molar-refractivity contribution in [3.63, 3.8) is 0 Å². The topological polar surface area (TPSA) is 96.8 Å². The maximum Gasteiger partial charge on any atom is 0.323 e. The molecular formula is C21H19N7OS. The number of benzene rings is 2. The van der Waals surface area contributed by atoms with Crippen molar-refractivity contribution in [1.82, 2.24) is 19.5 Å². The van der Waals surface area contributed by atoms with Crippen LogP contribution < -0.4 is 16.0 Å². The molecule has 0 atom stereocenters. The van der Waals surface area contributed by atoms with Crippen LogP contribution in [0.3, 0.4) is 0 Å². The highest BCUT2D eigenvalue weighted by Gasteiger charge is 2.05. The molecule has 0 radical (unpaired) electrons. The van der Waals surface area contributed by atoms with Gasteiger partial charge in [0.15, 0.2) is 0 Å². The molecular weight excluding hydrogens is 398 g/mol. The van der Waals surface area contributed by atoms with Gasteiger partial charge in [-0.1, -0.05) is 6.07 Å². The molecule has 4 rings (SSSR count). The minimum Gasteiger partial charge on any atom is -0.340 e. The minimum atomic E-state index is -0.297. The van der Waals surface area contributed by atoms with Crippen LogP contribution in [-0.4, -0.2) is 31.8 Å². The molecule has 0 aliphatic heterocycles. The van der Waals surface area contributed by atoms with Crippen molar-refractivity contribution in [2.75, 3.05) is 22.2 Å². The number of hydrogen-bond donors (Lipinski definition) is 3. The summed E-state index contributed by atoms with van der Waals surface area (Å²) in [5.41, 5.74) is 2.26. The fourth-order valence-electron chi connectivity index (χ4n) is 2.73. The van der Waals surface area contributed by atoms with E-state index in [0.717, 1.165) is 16.3 Å². The monoisotopic (exact) mass is 417 g/mol. The molecule has 0 spiro atoms. The first-order valence-corrected chi connectivity index (χ1v) is 10.3. The lowest BCUT2D eigenvalue weighted by molar-refractivity contribution is 0.262.